The smallest absolute Gasteiger partial charge is 0.247 e. The fourth-order valence-electron chi connectivity index (χ4n) is 1.89. The van der Waals surface area contributed by atoms with Gasteiger partial charge in [-0.1, -0.05) is 0 Å². The third-order valence-corrected chi connectivity index (χ3v) is 2.95. The minimum Gasteiger partial charge on any atom is -0.395 e. The van der Waals surface area contributed by atoms with E-state index < -0.39 is 0 Å². The van der Waals surface area contributed by atoms with Crippen molar-refractivity contribution < 1.29 is 14.7 Å². The molecule has 0 aromatic rings. The van der Waals surface area contributed by atoms with E-state index in [0.717, 1.165) is 19.4 Å². The molecule has 1 rings (SSSR count). The van der Waals surface area contributed by atoms with Gasteiger partial charge in [0.1, 0.15) is 0 Å². The van der Waals surface area contributed by atoms with Gasteiger partial charge in [0.25, 0.3) is 0 Å². The molecule has 1 heterocycles. The van der Waals surface area contributed by atoms with Crippen LogP contribution in [0.15, 0.2) is 0 Å². The van der Waals surface area contributed by atoms with Crippen molar-refractivity contribution in [1.82, 2.24) is 9.96 Å². The first-order valence-electron chi connectivity index (χ1n) is 5.34. The second-order valence-corrected chi connectivity index (χ2v) is 3.84. The van der Waals surface area contributed by atoms with Crippen LogP contribution in [0.5, 0.6) is 0 Å². The molecule has 1 aliphatic rings. The Kier molecular flexibility index (Phi) is 5.01. The molecular weight excluding hydrogens is 196 g/mol. The van der Waals surface area contributed by atoms with Crippen LogP contribution in [-0.2, 0) is 9.63 Å². The van der Waals surface area contributed by atoms with E-state index in [0.29, 0.717) is 13.0 Å². The minimum atomic E-state index is -0.0268. The van der Waals surface area contributed by atoms with E-state index in [9.17, 15) is 4.79 Å². The molecule has 1 N–H and O–H groups in total. The standard InChI is InChI=1S/C10H20N2O3/c1-11(15-2)10(14)5-7-12-6-3-4-9(12)8-13/h9,13H,3-8H2,1-2H3. The normalized spacial score (nSPS) is 21.9. The number of nitrogens with zero attached hydrogens (tertiary/aromatic N) is 2. The summed E-state index contributed by atoms with van der Waals surface area (Å²) < 4.78 is 0. The lowest BCUT2D eigenvalue weighted by Gasteiger charge is -2.23. The summed E-state index contributed by atoms with van der Waals surface area (Å²) in [7, 11) is 3.08. The van der Waals surface area contributed by atoms with Gasteiger partial charge in [0, 0.05) is 26.1 Å². The summed E-state index contributed by atoms with van der Waals surface area (Å²) in [6.07, 6.45) is 2.59. The highest BCUT2D eigenvalue weighted by atomic mass is 16.7. The molecule has 0 aromatic heterocycles. The highest BCUT2D eigenvalue weighted by Gasteiger charge is 2.24. The number of amides is 1. The highest BCUT2D eigenvalue weighted by molar-refractivity contribution is 5.74. The summed E-state index contributed by atoms with van der Waals surface area (Å²) in [6.45, 7) is 1.88. The Balaban J connectivity index is 2.27. The van der Waals surface area contributed by atoms with E-state index in [4.69, 9.17) is 9.94 Å². The first-order chi connectivity index (χ1) is 7.19. The van der Waals surface area contributed by atoms with E-state index in [1.54, 1.807) is 7.05 Å². The summed E-state index contributed by atoms with van der Waals surface area (Å²) >= 11 is 0. The number of carbonyl (C=O) groups is 1. The zero-order valence-electron chi connectivity index (χ0n) is 9.48. The first-order valence-corrected chi connectivity index (χ1v) is 5.34. The SMILES string of the molecule is CON(C)C(=O)CCN1CCCC1CO. The summed E-state index contributed by atoms with van der Waals surface area (Å²) in [5.41, 5.74) is 0. The van der Waals surface area contributed by atoms with E-state index in [2.05, 4.69) is 4.90 Å². The van der Waals surface area contributed by atoms with Crippen molar-refractivity contribution in [2.75, 3.05) is 33.9 Å². The molecule has 5 nitrogen and oxygen atoms in total. The largest absolute Gasteiger partial charge is 0.395 e. The fraction of sp³-hybridized carbons (Fsp3) is 0.900. The molecule has 1 fully saturated rings. The topological polar surface area (TPSA) is 53.0 Å². The lowest BCUT2D eigenvalue weighted by atomic mass is 10.2. The molecule has 5 heteroatoms. The summed E-state index contributed by atoms with van der Waals surface area (Å²) in [5.74, 6) is -0.0268. The second-order valence-electron chi connectivity index (χ2n) is 3.84. The molecule has 1 amide bonds. The van der Waals surface area contributed by atoms with Gasteiger partial charge in [0.2, 0.25) is 5.91 Å². The van der Waals surface area contributed by atoms with Crippen LogP contribution in [0.4, 0.5) is 0 Å². The fourth-order valence-corrected chi connectivity index (χ4v) is 1.89. The maximum Gasteiger partial charge on any atom is 0.247 e. The minimum absolute atomic E-state index is 0.0268. The van der Waals surface area contributed by atoms with Crippen LogP contribution in [0.25, 0.3) is 0 Å². The average molecular weight is 216 g/mol. The van der Waals surface area contributed by atoms with Gasteiger partial charge in [-0.05, 0) is 19.4 Å². The summed E-state index contributed by atoms with van der Waals surface area (Å²) in [6, 6.07) is 0.241. The predicted molar refractivity (Wildman–Crippen MR) is 56.1 cm³/mol. The lowest BCUT2D eigenvalue weighted by Crippen LogP contribution is -2.36. The van der Waals surface area contributed by atoms with Gasteiger partial charge < -0.3 is 5.11 Å². The van der Waals surface area contributed by atoms with E-state index in [1.807, 2.05) is 0 Å². The van der Waals surface area contributed by atoms with Gasteiger partial charge in [-0.2, -0.15) is 0 Å². The van der Waals surface area contributed by atoms with Gasteiger partial charge in [0.15, 0.2) is 0 Å². The van der Waals surface area contributed by atoms with Gasteiger partial charge >= 0.3 is 0 Å². The number of hydrogen-bond acceptors (Lipinski definition) is 4. The van der Waals surface area contributed by atoms with Gasteiger partial charge in [-0.15, -0.1) is 0 Å². The molecule has 1 unspecified atom stereocenters. The summed E-state index contributed by atoms with van der Waals surface area (Å²) in [5, 5.41) is 10.3. The molecular formula is C10H20N2O3. The molecule has 0 radical (unpaired) electrons. The molecule has 0 bridgehead atoms. The third-order valence-electron chi connectivity index (χ3n) is 2.95. The van der Waals surface area contributed by atoms with E-state index in [1.165, 1.54) is 12.2 Å². The Morgan fingerprint density at radius 1 is 1.67 bits per heavy atom. The molecule has 1 atom stereocenters. The van der Waals surface area contributed by atoms with Crippen molar-refractivity contribution >= 4 is 5.91 Å². The van der Waals surface area contributed by atoms with Crippen molar-refractivity contribution in [2.24, 2.45) is 0 Å². The molecule has 0 spiro atoms. The molecule has 0 saturated carbocycles. The predicted octanol–water partition coefficient (Wildman–Crippen LogP) is -0.147. The summed E-state index contributed by atoms with van der Waals surface area (Å²) in [4.78, 5) is 18.4. The molecule has 0 aromatic carbocycles. The van der Waals surface area contributed by atoms with Crippen LogP contribution in [0.2, 0.25) is 0 Å². The Labute approximate surface area is 90.6 Å². The van der Waals surface area contributed by atoms with Crippen LogP contribution in [0.1, 0.15) is 19.3 Å². The zero-order chi connectivity index (χ0) is 11.3. The second kappa shape index (κ2) is 6.05. The molecule has 1 aliphatic heterocycles. The van der Waals surface area contributed by atoms with Crippen LogP contribution in [-0.4, -0.2) is 60.9 Å². The number of aliphatic hydroxyl groups is 1. The number of aliphatic hydroxyl groups excluding tert-OH is 1. The van der Waals surface area contributed by atoms with Gasteiger partial charge in [0.05, 0.1) is 13.7 Å². The average Bonchev–Trinajstić information content (AvgIpc) is 2.71. The van der Waals surface area contributed by atoms with Crippen molar-refractivity contribution in [3.8, 4) is 0 Å². The van der Waals surface area contributed by atoms with Crippen LogP contribution in [0.3, 0.4) is 0 Å². The monoisotopic (exact) mass is 216 g/mol. The highest BCUT2D eigenvalue weighted by Crippen LogP contribution is 2.16. The van der Waals surface area contributed by atoms with Gasteiger partial charge in [-0.3, -0.25) is 14.5 Å². The quantitative estimate of drug-likeness (QED) is 0.650. The maximum atomic E-state index is 11.4. The molecule has 0 aliphatic carbocycles. The third kappa shape index (κ3) is 3.44. The zero-order valence-corrected chi connectivity index (χ0v) is 9.48. The van der Waals surface area contributed by atoms with E-state index in [-0.39, 0.29) is 18.6 Å². The molecule has 1 saturated heterocycles. The maximum absolute atomic E-state index is 11.4. The molecule has 15 heavy (non-hydrogen) atoms. The van der Waals surface area contributed by atoms with Crippen molar-refractivity contribution in [1.29, 1.82) is 0 Å². The number of hydroxylamine groups is 2. The Morgan fingerprint density at radius 2 is 2.40 bits per heavy atom. The van der Waals surface area contributed by atoms with E-state index >= 15 is 0 Å². The van der Waals surface area contributed by atoms with Crippen LogP contribution < -0.4 is 0 Å². The number of carbonyl (C=O) groups excluding carboxylic acids is 1. The number of likely N-dealkylation sites (tertiary alicyclic amines) is 1. The van der Waals surface area contributed by atoms with Crippen LogP contribution >= 0.6 is 0 Å². The van der Waals surface area contributed by atoms with Crippen LogP contribution in [0, 0.1) is 0 Å². The number of hydrogen-bond donors (Lipinski definition) is 1. The first kappa shape index (κ1) is 12.4. The lowest BCUT2D eigenvalue weighted by molar-refractivity contribution is -0.169. The van der Waals surface area contributed by atoms with Gasteiger partial charge in [-0.25, -0.2) is 5.06 Å². The van der Waals surface area contributed by atoms with Crippen molar-refractivity contribution in [3.63, 3.8) is 0 Å². The number of rotatable bonds is 5. The Hall–Kier alpha value is -0.650. The Bertz CT molecular complexity index is 211. The van der Waals surface area contributed by atoms with Crippen molar-refractivity contribution in [2.45, 2.75) is 25.3 Å². The van der Waals surface area contributed by atoms with Crippen molar-refractivity contribution in [3.05, 3.63) is 0 Å². The Morgan fingerprint density at radius 3 is 3.00 bits per heavy atom. The molecule has 88 valence electrons.